The van der Waals surface area contributed by atoms with E-state index in [2.05, 4.69) is 66.6 Å². The molecule has 1 aromatic rings. The SMILES string of the molecule is CC1(C)OC[C@]2(C)C3CC[C@]4(C)C(CC=C5C6CC(C)(C)[C@@H](O)[C@@H]7OC(C)(C)O[C@H](C[C@]54C)[C@]67COCC4=CN(c5ccc(C(=O)O)cc5)N=CC4)[C@@]3(C)CC[C@@H]2O1. The van der Waals surface area contributed by atoms with Crippen molar-refractivity contribution in [2.75, 3.05) is 24.8 Å². The summed E-state index contributed by atoms with van der Waals surface area (Å²) in [6.45, 7) is 24.4. The zero-order chi connectivity index (χ0) is 41.5. The minimum Gasteiger partial charge on any atom is -0.478 e. The van der Waals surface area contributed by atoms with E-state index in [1.807, 2.05) is 26.3 Å². The van der Waals surface area contributed by atoms with Gasteiger partial charge >= 0.3 is 5.97 Å². The van der Waals surface area contributed by atoms with Gasteiger partial charge in [0.15, 0.2) is 11.6 Å². The number of rotatable bonds is 6. The summed E-state index contributed by atoms with van der Waals surface area (Å²) in [6, 6.07) is 6.73. The maximum absolute atomic E-state index is 12.3. The number of nitrogens with zero attached hydrogens (tertiary/aromatic N) is 2. The molecule has 12 atom stereocenters. The Bertz CT molecular complexity index is 1920. The van der Waals surface area contributed by atoms with Gasteiger partial charge in [0.05, 0.1) is 60.9 Å². The average Bonchev–Trinajstić information content (AvgIpc) is 3.14. The van der Waals surface area contributed by atoms with Crippen molar-refractivity contribution in [3.05, 3.63) is 53.3 Å². The summed E-state index contributed by atoms with van der Waals surface area (Å²) in [5.74, 6) is -1.21. The summed E-state index contributed by atoms with van der Waals surface area (Å²) < 4.78 is 34.1. The maximum atomic E-state index is 12.3. The number of fused-ring (bicyclic) bond motifs is 8. The van der Waals surface area contributed by atoms with Crippen molar-refractivity contribution >= 4 is 17.9 Å². The van der Waals surface area contributed by atoms with Gasteiger partial charge in [-0.2, -0.15) is 5.10 Å². The lowest BCUT2D eigenvalue weighted by Crippen LogP contribution is -2.76. The molecule has 10 nitrogen and oxygen atoms in total. The topological polar surface area (TPSA) is 119 Å². The van der Waals surface area contributed by atoms with Crippen LogP contribution in [-0.2, 0) is 23.7 Å². The summed E-state index contributed by atoms with van der Waals surface area (Å²) >= 11 is 0. The standard InChI is InChI=1S/C48H68N2O8/c1-41(2)23-33-32-15-16-35-44(7)20-18-36-45(8,27-55-42(3,4)56-36)34(44)17-21-46(35,9)47(32,10)24-37-48(33,39(38(41)51)58-43(5,6)57-37)28-54-26-29-19-22-49-50(25-29)31-13-11-30(12-14-31)40(52)53/h11-15,22,25,33-39,51H,16-21,23-24,26-28H2,1-10H3,(H,52,53)/t33?,34?,35?,36-,37+,38-,39-,44-,45+,46+,47+,48-/m0/s1. The van der Waals surface area contributed by atoms with E-state index in [4.69, 9.17) is 23.7 Å². The third-order valence-corrected chi connectivity index (χ3v) is 17.7. The summed E-state index contributed by atoms with van der Waals surface area (Å²) in [4.78, 5) is 11.4. The Kier molecular flexibility index (Phi) is 9.28. The van der Waals surface area contributed by atoms with Crippen molar-refractivity contribution in [1.29, 1.82) is 0 Å². The number of carbonyl (C=O) groups is 1. The summed E-state index contributed by atoms with van der Waals surface area (Å²) in [5.41, 5.74) is 2.74. The van der Waals surface area contributed by atoms with Crippen molar-refractivity contribution in [3.8, 4) is 0 Å². The zero-order valence-electron chi connectivity index (χ0n) is 36.6. The second-order valence-electron chi connectivity index (χ2n) is 22.2. The third kappa shape index (κ3) is 5.84. The van der Waals surface area contributed by atoms with Gasteiger partial charge in [-0.15, -0.1) is 0 Å². The van der Waals surface area contributed by atoms with Gasteiger partial charge in [0.1, 0.15) is 0 Å². The molecule has 2 N–H and O–H groups in total. The number of ether oxygens (including phenoxy) is 5. The molecule has 0 amide bonds. The Morgan fingerprint density at radius 1 is 0.879 bits per heavy atom. The van der Waals surface area contributed by atoms with Gasteiger partial charge in [0, 0.05) is 24.3 Å². The predicted molar refractivity (Wildman–Crippen MR) is 222 cm³/mol. The number of hydrogen-bond donors (Lipinski definition) is 2. The molecule has 4 saturated carbocycles. The normalized spacial score (nSPS) is 45.6. The van der Waals surface area contributed by atoms with Gasteiger partial charge < -0.3 is 33.9 Å². The Hall–Kier alpha value is -2.60. The van der Waals surface area contributed by atoms with Crippen LogP contribution in [0.1, 0.15) is 131 Å². The Morgan fingerprint density at radius 3 is 2.33 bits per heavy atom. The molecule has 3 heterocycles. The van der Waals surface area contributed by atoms with Gasteiger partial charge in [0.25, 0.3) is 0 Å². The Balaban J connectivity index is 1.05. The smallest absolute Gasteiger partial charge is 0.335 e. The van der Waals surface area contributed by atoms with Gasteiger partial charge in [-0.25, -0.2) is 9.80 Å². The number of hydrogen-bond acceptors (Lipinski definition) is 9. The van der Waals surface area contributed by atoms with Crippen LogP contribution in [0.4, 0.5) is 5.69 Å². The van der Waals surface area contributed by atoms with Crippen LogP contribution >= 0.6 is 0 Å². The van der Waals surface area contributed by atoms with Crippen LogP contribution in [0.5, 0.6) is 0 Å². The van der Waals surface area contributed by atoms with Crippen molar-refractivity contribution in [2.45, 2.75) is 157 Å². The highest BCUT2D eigenvalue weighted by Gasteiger charge is 2.75. The Labute approximate surface area is 345 Å². The first kappa shape index (κ1) is 40.8. The molecule has 6 fully saturated rings. The number of carboxylic acid groups (broad SMARTS) is 1. The number of hydrazone groups is 1. The van der Waals surface area contributed by atoms with Crippen molar-refractivity contribution in [2.24, 2.45) is 55.3 Å². The molecule has 3 unspecified atom stereocenters. The summed E-state index contributed by atoms with van der Waals surface area (Å²) in [6.07, 6.45) is 13.4. The van der Waals surface area contributed by atoms with Crippen molar-refractivity contribution < 1.29 is 38.7 Å². The molecule has 0 aromatic heterocycles. The summed E-state index contributed by atoms with van der Waals surface area (Å²) in [7, 11) is 0. The van der Waals surface area contributed by atoms with Crippen LogP contribution in [-0.4, -0.2) is 78.2 Å². The van der Waals surface area contributed by atoms with Gasteiger partial charge in [-0.1, -0.05) is 53.2 Å². The highest BCUT2D eigenvalue weighted by atomic mass is 16.7. The van der Waals surface area contributed by atoms with Crippen LogP contribution in [0.15, 0.2) is 52.8 Å². The Morgan fingerprint density at radius 2 is 1.60 bits per heavy atom. The molecule has 9 rings (SSSR count). The fraction of sp³-hybridized carbons (Fsp3) is 0.750. The first-order valence-corrected chi connectivity index (χ1v) is 22.1. The molecule has 5 aliphatic carbocycles. The minimum atomic E-state index is -0.956. The van der Waals surface area contributed by atoms with E-state index in [1.54, 1.807) is 29.3 Å². The molecule has 3 aliphatic heterocycles. The first-order valence-electron chi connectivity index (χ1n) is 22.1. The predicted octanol–water partition coefficient (Wildman–Crippen LogP) is 9.13. The summed E-state index contributed by atoms with van der Waals surface area (Å²) in [5, 5.41) is 28.0. The van der Waals surface area contributed by atoms with Gasteiger partial charge in [-0.05, 0) is 142 Å². The highest BCUT2D eigenvalue weighted by Crippen LogP contribution is 2.77. The van der Waals surface area contributed by atoms with Gasteiger partial charge in [0.2, 0.25) is 0 Å². The highest BCUT2D eigenvalue weighted by molar-refractivity contribution is 5.88. The van der Waals surface area contributed by atoms with E-state index >= 15 is 0 Å². The number of aliphatic hydroxyl groups is 1. The number of carboxylic acids is 1. The number of allylic oxidation sites excluding steroid dienone is 2. The number of benzene rings is 1. The van der Waals surface area contributed by atoms with Crippen LogP contribution in [0, 0.1) is 50.2 Å². The van der Waals surface area contributed by atoms with Crippen LogP contribution < -0.4 is 5.01 Å². The average molecular weight is 801 g/mol. The van der Waals surface area contributed by atoms with E-state index in [0.717, 1.165) is 56.4 Å². The quantitative estimate of drug-likeness (QED) is 0.272. The molecule has 0 bridgehead atoms. The fourth-order valence-corrected chi connectivity index (χ4v) is 14.5. The molecular weight excluding hydrogens is 733 g/mol. The second-order valence-corrected chi connectivity index (χ2v) is 22.2. The molecule has 10 heteroatoms. The lowest BCUT2D eigenvalue weighted by Gasteiger charge is -2.74. The molecule has 1 aromatic carbocycles. The van der Waals surface area contributed by atoms with E-state index in [1.165, 1.54) is 12.0 Å². The lowest BCUT2D eigenvalue weighted by molar-refractivity contribution is -0.404. The molecule has 0 spiro atoms. The van der Waals surface area contributed by atoms with E-state index in [0.29, 0.717) is 31.5 Å². The van der Waals surface area contributed by atoms with E-state index in [-0.39, 0.29) is 50.8 Å². The number of anilines is 1. The van der Waals surface area contributed by atoms with Crippen LogP contribution in [0.25, 0.3) is 0 Å². The molecular formula is C48H68N2O8. The first-order chi connectivity index (χ1) is 27.1. The molecule has 58 heavy (non-hydrogen) atoms. The minimum absolute atomic E-state index is 0.0139. The largest absolute Gasteiger partial charge is 0.478 e. The molecule has 0 radical (unpaired) electrons. The fourth-order valence-electron chi connectivity index (χ4n) is 14.5. The monoisotopic (exact) mass is 800 g/mol. The second kappa shape index (κ2) is 13.2. The van der Waals surface area contributed by atoms with Crippen LogP contribution in [0.3, 0.4) is 0 Å². The number of aromatic carboxylic acids is 1. The molecule has 2 saturated heterocycles. The van der Waals surface area contributed by atoms with E-state index < -0.39 is 35.2 Å². The lowest BCUT2D eigenvalue weighted by atomic mass is 9.33. The molecule has 8 aliphatic rings. The third-order valence-electron chi connectivity index (χ3n) is 17.7. The maximum Gasteiger partial charge on any atom is 0.335 e. The molecule has 318 valence electrons. The van der Waals surface area contributed by atoms with E-state index in [9.17, 15) is 15.0 Å². The zero-order valence-corrected chi connectivity index (χ0v) is 36.6. The van der Waals surface area contributed by atoms with Gasteiger partial charge in [-0.3, -0.25) is 0 Å². The van der Waals surface area contributed by atoms with Crippen LogP contribution in [0.2, 0.25) is 0 Å². The number of aliphatic hydroxyl groups excluding tert-OH is 1. The van der Waals surface area contributed by atoms with Crippen molar-refractivity contribution in [1.82, 2.24) is 0 Å². The van der Waals surface area contributed by atoms with Crippen molar-refractivity contribution in [3.63, 3.8) is 0 Å².